The number of benzene rings is 1. The maximum atomic E-state index is 2.41. The smallest absolute Gasteiger partial charge is 0.0131 e. The van der Waals surface area contributed by atoms with Crippen LogP contribution >= 0.6 is 0 Å². The maximum Gasteiger partial charge on any atom is 0.0131 e. The van der Waals surface area contributed by atoms with Crippen LogP contribution in [0.1, 0.15) is 86.5 Å². The molecule has 0 saturated carbocycles. The molecule has 113 valence electrons. The third-order valence-electron chi connectivity index (χ3n) is 5.15. The molecule has 1 aromatic rings. The predicted octanol–water partition coefficient (Wildman–Crippen LogP) is 6.27. The first-order chi connectivity index (χ1) is 10.4. The minimum Gasteiger partial charge on any atom is -0.0754 e. The summed E-state index contributed by atoms with van der Waals surface area (Å²) in [6.45, 7) is 0. The molecule has 0 N–H and O–H groups in total. The van der Waals surface area contributed by atoms with Gasteiger partial charge in [0.25, 0.3) is 0 Å². The largest absolute Gasteiger partial charge is 0.0754 e. The molecule has 21 heavy (non-hydrogen) atoms. The highest BCUT2D eigenvalue weighted by Crippen LogP contribution is 2.30. The Labute approximate surface area is 130 Å². The van der Waals surface area contributed by atoms with Crippen LogP contribution in [0.4, 0.5) is 0 Å². The standard InChI is InChI=1S/C21H29/c1-2-4-6-8-10-14-20-18(12-9-7-5-3-1)16-17-19-13-11-15-21(19)20/h11,13,15-17H,1-10,12,14H2. The second-order valence-corrected chi connectivity index (χ2v) is 6.77. The molecule has 0 heteroatoms. The Morgan fingerprint density at radius 1 is 0.619 bits per heavy atom. The van der Waals surface area contributed by atoms with E-state index in [1.54, 1.807) is 11.1 Å². The lowest BCUT2D eigenvalue weighted by Crippen LogP contribution is -2.00. The molecule has 0 aromatic heterocycles. The van der Waals surface area contributed by atoms with Crippen molar-refractivity contribution in [2.75, 3.05) is 0 Å². The number of hydrogen-bond donors (Lipinski definition) is 0. The fourth-order valence-electron chi connectivity index (χ4n) is 3.88. The van der Waals surface area contributed by atoms with Crippen LogP contribution in [0.3, 0.4) is 0 Å². The summed E-state index contributed by atoms with van der Waals surface area (Å²) in [4.78, 5) is 0. The van der Waals surface area contributed by atoms with E-state index in [0.717, 1.165) is 0 Å². The van der Waals surface area contributed by atoms with E-state index in [2.05, 4.69) is 30.7 Å². The van der Waals surface area contributed by atoms with Crippen molar-refractivity contribution >= 4 is 6.08 Å². The lowest BCUT2D eigenvalue weighted by molar-refractivity contribution is 0.546. The molecule has 0 fully saturated rings. The van der Waals surface area contributed by atoms with Gasteiger partial charge >= 0.3 is 0 Å². The van der Waals surface area contributed by atoms with E-state index in [1.165, 1.54) is 88.2 Å². The summed E-state index contributed by atoms with van der Waals surface area (Å²) in [5, 5.41) is 0. The molecule has 0 spiro atoms. The van der Waals surface area contributed by atoms with E-state index < -0.39 is 0 Å². The highest BCUT2D eigenvalue weighted by molar-refractivity contribution is 5.69. The van der Waals surface area contributed by atoms with Crippen LogP contribution in [0.5, 0.6) is 0 Å². The quantitative estimate of drug-likeness (QED) is 0.526. The summed E-state index contributed by atoms with van der Waals surface area (Å²) >= 11 is 0. The molecule has 0 saturated heterocycles. The number of hydrogen-bond acceptors (Lipinski definition) is 0. The van der Waals surface area contributed by atoms with Crippen LogP contribution in [0.15, 0.2) is 18.2 Å². The van der Waals surface area contributed by atoms with Crippen LogP contribution in [0.25, 0.3) is 6.08 Å². The van der Waals surface area contributed by atoms with Crippen LogP contribution in [0, 0.1) is 6.42 Å². The zero-order valence-corrected chi connectivity index (χ0v) is 13.4. The topological polar surface area (TPSA) is 0 Å². The van der Waals surface area contributed by atoms with E-state index in [1.807, 2.05) is 0 Å². The van der Waals surface area contributed by atoms with Crippen molar-refractivity contribution in [2.45, 2.75) is 77.0 Å². The minimum absolute atomic E-state index is 1.29. The van der Waals surface area contributed by atoms with E-state index in [-0.39, 0.29) is 0 Å². The number of aryl methyl sites for hydroxylation is 1. The monoisotopic (exact) mass is 281 g/mol. The van der Waals surface area contributed by atoms with Gasteiger partial charge in [-0.3, -0.25) is 0 Å². The first-order valence-electron chi connectivity index (χ1n) is 9.11. The first-order valence-corrected chi connectivity index (χ1v) is 9.11. The van der Waals surface area contributed by atoms with Crippen LogP contribution in [-0.4, -0.2) is 0 Å². The van der Waals surface area contributed by atoms with Gasteiger partial charge in [-0.25, -0.2) is 0 Å². The summed E-state index contributed by atoms with van der Waals surface area (Å²) in [6, 6.07) is 4.74. The molecule has 0 heterocycles. The van der Waals surface area contributed by atoms with Gasteiger partial charge < -0.3 is 0 Å². The summed E-state index contributed by atoms with van der Waals surface area (Å²) in [5.41, 5.74) is 6.26. The average molecular weight is 281 g/mol. The van der Waals surface area contributed by atoms with Crippen LogP contribution in [-0.2, 0) is 12.8 Å². The summed E-state index contributed by atoms with van der Waals surface area (Å²) in [7, 11) is 0. The van der Waals surface area contributed by atoms with E-state index in [9.17, 15) is 0 Å². The predicted molar refractivity (Wildman–Crippen MR) is 92.5 cm³/mol. The molecule has 2 aliphatic rings. The van der Waals surface area contributed by atoms with Crippen molar-refractivity contribution in [3.8, 4) is 0 Å². The van der Waals surface area contributed by atoms with Crippen molar-refractivity contribution in [3.05, 3.63) is 46.9 Å². The van der Waals surface area contributed by atoms with Gasteiger partial charge in [-0.1, -0.05) is 75.7 Å². The van der Waals surface area contributed by atoms with E-state index in [4.69, 9.17) is 0 Å². The molecule has 0 atom stereocenters. The number of rotatable bonds is 0. The molecule has 0 bridgehead atoms. The van der Waals surface area contributed by atoms with Crippen molar-refractivity contribution in [2.24, 2.45) is 0 Å². The van der Waals surface area contributed by atoms with E-state index in [0.29, 0.717) is 0 Å². The highest BCUT2D eigenvalue weighted by atomic mass is 14.2. The van der Waals surface area contributed by atoms with Gasteiger partial charge in [0.05, 0.1) is 0 Å². The SMILES string of the molecule is [CH]1C=Cc2c1ccc1c2CCCCCCCCCCCC1. The second kappa shape index (κ2) is 7.82. The Morgan fingerprint density at radius 3 is 1.95 bits per heavy atom. The molecule has 3 rings (SSSR count). The lowest BCUT2D eigenvalue weighted by Gasteiger charge is -2.15. The van der Waals surface area contributed by atoms with Gasteiger partial charge in [0, 0.05) is 6.42 Å². The zero-order chi connectivity index (χ0) is 14.3. The van der Waals surface area contributed by atoms with Crippen molar-refractivity contribution in [1.82, 2.24) is 0 Å². The average Bonchev–Trinajstić information content (AvgIpc) is 2.97. The normalized spacial score (nSPS) is 20.6. The first kappa shape index (κ1) is 14.9. The Bertz CT molecular complexity index is 481. The number of fused-ring (bicyclic) bond motifs is 3. The van der Waals surface area contributed by atoms with Crippen molar-refractivity contribution in [3.63, 3.8) is 0 Å². The highest BCUT2D eigenvalue weighted by Gasteiger charge is 2.14. The second-order valence-electron chi connectivity index (χ2n) is 6.77. The minimum atomic E-state index is 1.29. The Balaban J connectivity index is 1.74. The summed E-state index contributed by atoms with van der Waals surface area (Å²) < 4.78 is 0. The molecule has 1 aromatic carbocycles. The molecule has 0 nitrogen and oxygen atoms in total. The summed E-state index contributed by atoms with van der Waals surface area (Å²) in [6.07, 6.45) is 23.7. The van der Waals surface area contributed by atoms with Crippen LogP contribution in [0.2, 0.25) is 0 Å². The molecule has 0 amide bonds. The molecule has 0 aliphatic heterocycles. The Hall–Kier alpha value is -1.04. The Kier molecular flexibility index (Phi) is 5.54. The van der Waals surface area contributed by atoms with Gasteiger partial charge in [-0.15, -0.1) is 0 Å². The number of allylic oxidation sites excluding steroid dienone is 1. The third kappa shape index (κ3) is 3.99. The van der Waals surface area contributed by atoms with Crippen LogP contribution < -0.4 is 0 Å². The van der Waals surface area contributed by atoms with Gasteiger partial charge in [0.2, 0.25) is 0 Å². The fraction of sp³-hybridized carbons (Fsp3) is 0.571. The Morgan fingerprint density at radius 2 is 1.24 bits per heavy atom. The van der Waals surface area contributed by atoms with Gasteiger partial charge in [-0.2, -0.15) is 0 Å². The lowest BCUT2D eigenvalue weighted by atomic mass is 9.90. The molecule has 2 aliphatic carbocycles. The maximum absolute atomic E-state index is 2.41. The molecular formula is C21H29. The molecular weight excluding hydrogens is 252 g/mol. The molecule has 1 radical (unpaired) electrons. The zero-order valence-electron chi connectivity index (χ0n) is 13.4. The van der Waals surface area contributed by atoms with Gasteiger partial charge in [-0.05, 0) is 47.9 Å². The van der Waals surface area contributed by atoms with Crippen molar-refractivity contribution < 1.29 is 0 Å². The van der Waals surface area contributed by atoms with E-state index >= 15 is 0 Å². The third-order valence-corrected chi connectivity index (χ3v) is 5.15. The summed E-state index contributed by atoms with van der Waals surface area (Å²) in [5.74, 6) is 0. The fourth-order valence-corrected chi connectivity index (χ4v) is 3.88. The molecule has 0 unspecified atom stereocenters. The van der Waals surface area contributed by atoms with Gasteiger partial charge in [0.15, 0.2) is 0 Å². The van der Waals surface area contributed by atoms with Gasteiger partial charge in [0.1, 0.15) is 0 Å². The van der Waals surface area contributed by atoms with Crippen molar-refractivity contribution in [1.29, 1.82) is 0 Å².